The van der Waals surface area contributed by atoms with Crippen LogP contribution in [0.3, 0.4) is 0 Å². The molecule has 0 aromatic heterocycles. The van der Waals surface area contributed by atoms with Crippen molar-refractivity contribution in [3.8, 4) is 5.75 Å². The number of amides is 1. The number of hydrogen-bond acceptors (Lipinski definition) is 4. The normalized spacial score (nSPS) is 11.2. The first-order chi connectivity index (χ1) is 12.9. The van der Waals surface area contributed by atoms with Crippen LogP contribution in [-0.4, -0.2) is 34.0 Å². The average molecular weight is 411 g/mol. The van der Waals surface area contributed by atoms with E-state index in [4.69, 9.17) is 16.3 Å². The molecule has 27 heavy (non-hydrogen) atoms. The number of rotatable bonds is 10. The van der Waals surface area contributed by atoms with Crippen LogP contribution in [0.4, 0.5) is 0 Å². The minimum absolute atomic E-state index is 0.0244. The lowest BCUT2D eigenvalue weighted by atomic mass is 10.2. The SMILES string of the molecule is Cc1cccc(OCCCNC(=O)CCNS(=O)(=O)c2ccc(Cl)cc2)c1. The summed E-state index contributed by atoms with van der Waals surface area (Å²) in [5.74, 6) is 0.585. The van der Waals surface area contributed by atoms with Gasteiger partial charge in [-0.1, -0.05) is 23.7 Å². The van der Waals surface area contributed by atoms with E-state index in [1.807, 2.05) is 31.2 Å². The third-order valence-electron chi connectivity index (χ3n) is 3.67. The van der Waals surface area contributed by atoms with E-state index < -0.39 is 10.0 Å². The highest BCUT2D eigenvalue weighted by atomic mass is 35.5. The Morgan fingerprint density at radius 3 is 2.56 bits per heavy atom. The molecule has 0 aliphatic rings. The van der Waals surface area contributed by atoms with E-state index in [0.717, 1.165) is 11.3 Å². The van der Waals surface area contributed by atoms with Gasteiger partial charge in [0.1, 0.15) is 5.75 Å². The summed E-state index contributed by atoms with van der Waals surface area (Å²) < 4.78 is 32.2. The molecule has 0 aliphatic carbocycles. The van der Waals surface area contributed by atoms with Crippen molar-refractivity contribution in [2.75, 3.05) is 19.7 Å². The van der Waals surface area contributed by atoms with Crippen molar-refractivity contribution in [1.29, 1.82) is 0 Å². The zero-order chi connectivity index (χ0) is 19.7. The van der Waals surface area contributed by atoms with Crippen molar-refractivity contribution in [2.24, 2.45) is 0 Å². The molecule has 2 rings (SSSR count). The van der Waals surface area contributed by atoms with Crippen molar-refractivity contribution in [3.63, 3.8) is 0 Å². The summed E-state index contributed by atoms with van der Waals surface area (Å²) in [5.41, 5.74) is 1.13. The Kier molecular flexibility index (Phi) is 8.09. The van der Waals surface area contributed by atoms with Gasteiger partial charge in [-0.3, -0.25) is 4.79 Å². The maximum absolute atomic E-state index is 12.1. The molecule has 0 heterocycles. The van der Waals surface area contributed by atoms with Crippen LogP contribution in [0.1, 0.15) is 18.4 Å². The summed E-state index contributed by atoms with van der Waals surface area (Å²) in [4.78, 5) is 11.9. The maximum Gasteiger partial charge on any atom is 0.240 e. The molecule has 1 amide bonds. The van der Waals surface area contributed by atoms with E-state index in [2.05, 4.69) is 10.0 Å². The second kappa shape index (κ2) is 10.3. The number of halogens is 1. The molecule has 146 valence electrons. The zero-order valence-corrected chi connectivity index (χ0v) is 16.6. The standard InChI is InChI=1S/C19H23ClN2O4S/c1-15-4-2-5-17(14-15)26-13-3-11-21-19(23)10-12-22-27(24,25)18-8-6-16(20)7-9-18/h2,4-9,14,22H,3,10-13H2,1H3,(H,21,23). The highest BCUT2D eigenvalue weighted by Gasteiger charge is 2.13. The number of nitrogens with one attached hydrogen (secondary N) is 2. The Hall–Kier alpha value is -2.09. The van der Waals surface area contributed by atoms with Crippen LogP contribution in [0, 0.1) is 6.92 Å². The van der Waals surface area contributed by atoms with Crippen LogP contribution >= 0.6 is 11.6 Å². The molecular weight excluding hydrogens is 388 g/mol. The minimum atomic E-state index is -3.64. The molecular formula is C19H23ClN2O4S. The van der Waals surface area contributed by atoms with Gasteiger partial charge in [-0.15, -0.1) is 0 Å². The van der Waals surface area contributed by atoms with Crippen LogP contribution in [0.25, 0.3) is 0 Å². The molecule has 8 heteroatoms. The highest BCUT2D eigenvalue weighted by Crippen LogP contribution is 2.14. The van der Waals surface area contributed by atoms with E-state index in [1.165, 1.54) is 24.3 Å². The number of sulfonamides is 1. The van der Waals surface area contributed by atoms with Crippen molar-refractivity contribution < 1.29 is 17.9 Å². The molecule has 0 aliphatic heterocycles. The number of carbonyl (C=O) groups excluding carboxylic acids is 1. The second-order valence-electron chi connectivity index (χ2n) is 5.97. The Morgan fingerprint density at radius 1 is 1.11 bits per heavy atom. The number of ether oxygens (including phenoxy) is 1. The molecule has 0 saturated carbocycles. The first-order valence-electron chi connectivity index (χ1n) is 8.58. The Labute approximate surface area is 164 Å². The molecule has 0 spiro atoms. The van der Waals surface area contributed by atoms with Crippen molar-refractivity contribution in [3.05, 3.63) is 59.1 Å². The molecule has 2 aromatic carbocycles. The fourth-order valence-electron chi connectivity index (χ4n) is 2.28. The summed E-state index contributed by atoms with van der Waals surface area (Å²) in [6, 6.07) is 13.6. The van der Waals surface area contributed by atoms with E-state index in [-0.39, 0.29) is 23.8 Å². The Balaban J connectivity index is 1.61. The quantitative estimate of drug-likeness (QED) is 0.590. The third-order valence-corrected chi connectivity index (χ3v) is 5.40. The van der Waals surface area contributed by atoms with Crippen LogP contribution < -0.4 is 14.8 Å². The van der Waals surface area contributed by atoms with Gasteiger partial charge < -0.3 is 10.1 Å². The topological polar surface area (TPSA) is 84.5 Å². The molecule has 0 fully saturated rings. The van der Waals surface area contributed by atoms with Gasteiger partial charge in [0.15, 0.2) is 0 Å². The smallest absolute Gasteiger partial charge is 0.240 e. The van der Waals surface area contributed by atoms with Gasteiger partial charge in [0.05, 0.1) is 11.5 Å². The number of carbonyl (C=O) groups is 1. The molecule has 6 nitrogen and oxygen atoms in total. The summed E-state index contributed by atoms with van der Waals surface area (Å²) in [6.07, 6.45) is 0.724. The van der Waals surface area contributed by atoms with Gasteiger partial charge in [0, 0.05) is 24.5 Å². The zero-order valence-electron chi connectivity index (χ0n) is 15.1. The summed E-state index contributed by atoms with van der Waals surface area (Å²) >= 11 is 5.74. The first kappa shape index (κ1) is 21.2. The van der Waals surface area contributed by atoms with Gasteiger partial charge in [-0.05, 0) is 55.3 Å². The lowest BCUT2D eigenvalue weighted by Crippen LogP contribution is -2.31. The fourth-order valence-corrected chi connectivity index (χ4v) is 3.44. The van der Waals surface area contributed by atoms with E-state index >= 15 is 0 Å². The minimum Gasteiger partial charge on any atom is -0.494 e. The van der Waals surface area contributed by atoms with Crippen LogP contribution in [0.2, 0.25) is 5.02 Å². The molecule has 2 aromatic rings. The van der Waals surface area contributed by atoms with E-state index in [9.17, 15) is 13.2 Å². The van der Waals surface area contributed by atoms with Crippen LogP contribution in [-0.2, 0) is 14.8 Å². The highest BCUT2D eigenvalue weighted by molar-refractivity contribution is 7.89. The number of aryl methyl sites for hydroxylation is 1. The lowest BCUT2D eigenvalue weighted by Gasteiger charge is -2.09. The number of benzene rings is 2. The average Bonchev–Trinajstić information content (AvgIpc) is 2.62. The molecule has 0 atom stereocenters. The Bertz CT molecular complexity index is 854. The Morgan fingerprint density at radius 2 is 1.85 bits per heavy atom. The van der Waals surface area contributed by atoms with Gasteiger partial charge in [-0.25, -0.2) is 13.1 Å². The van der Waals surface area contributed by atoms with Gasteiger partial charge >= 0.3 is 0 Å². The maximum atomic E-state index is 12.1. The first-order valence-corrected chi connectivity index (χ1v) is 10.4. The summed E-state index contributed by atoms with van der Waals surface area (Å²) in [6.45, 7) is 2.98. The largest absolute Gasteiger partial charge is 0.494 e. The monoisotopic (exact) mass is 410 g/mol. The third kappa shape index (κ3) is 7.58. The predicted octanol–water partition coefficient (Wildman–Crippen LogP) is 2.90. The molecule has 0 bridgehead atoms. The van der Waals surface area contributed by atoms with Crippen molar-refractivity contribution in [2.45, 2.75) is 24.7 Å². The predicted molar refractivity (Wildman–Crippen MR) is 106 cm³/mol. The van der Waals surface area contributed by atoms with Crippen molar-refractivity contribution >= 4 is 27.5 Å². The van der Waals surface area contributed by atoms with Gasteiger partial charge in [0.2, 0.25) is 15.9 Å². The van der Waals surface area contributed by atoms with Crippen LogP contribution in [0.15, 0.2) is 53.4 Å². The second-order valence-corrected chi connectivity index (χ2v) is 8.17. The van der Waals surface area contributed by atoms with E-state index in [0.29, 0.717) is 24.6 Å². The summed E-state index contributed by atoms with van der Waals surface area (Å²) in [5, 5.41) is 3.20. The summed E-state index contributed by atoms with van der Waals surface area (Å²) in [7, 11) is -3.64. The lowest BCUT2D eigenvalue weighted by molar-refractivity contribution is -0.120. The van der Waals surface area contributed by atoms with E-state index in [1.54, 1.807) is 0 Å². The van der Waals surface area contributed by atoms with Crippen molar-refractivity contribution in [1.82, 2.24) is 10.0 Å². The molecule has 0 saturated heterocycles. The van der Waals surface area contributed by atoms with Crippen LogP contribution in [0.5, 0.6) is 5.75 Å². The molecule has 2 N–H and O–H groups in total. The van der Waals surface area contributed by atoms with Gasteiger partial charge in [0.25, 0.3) is 0 Å². The number of hydrogen-bond donors (Lipinski definition) is 2. The molecule has 0 unspecified atom stereocenters. The van der Waals surface area contributed by atoms with Gasteiger partial charge in [-0.2, -0.15) is 0 Å². The fraction of sp³-hybridized carbons (Fsp3) is 0.316. The molecule has 0 radical (unpaired) electrons.